The Morgan fingerprint density at radius 1 is 1.09 bits per heavy atom. The molecule has 8 nitrogen and oxygen atoms in total. The van der Waals surface area contributed by atoms with Crippen molar-refractivity contribution in [1.29, 1.82) is 0 Å². The topological polar surface area (TPSA) is 107 Å². The monoisotopic (exact) mass is 450 g/mol. The zero-order valence-corrected chi connectivity index (χ0v) is 18.8. The number of nitro benzene ring substituents is 1. The summed E-state index contributed by atoms with van der Waals surface area (Å²) in [6, 6.07) is 9.94. The summed E-state index contributed by atoms with van der Waals surface area (Å²) in [6.45, 7) is 6.45. The molecule has 3 unspecified atom stereocenters. The average molecular weight is 450 g/mol. The molecule has 3 atom stereocenters. The molecule has 2 aliphatic rings. The molecule has 0 radical (unpaired) electrons. The van der Waals surface area contributed by atoms with Crippen LogP contribution >= 0.6 is 0 Å². The van der Waals surface area contributed by atoms with E-state index in [9.17, 15) is 24.5 Å². The van der Waals surface area contributed by atoms with Gasteiger partial charge in [0.25, 0.3) is 17.5 Å². The van der Waals surface area contributed by atoms with Gasteiger partial charge in [-0.25, -0.2) is 9.69 Å². The lowest BCUT2D eigenvalue weighted by molar-refractivity contribution is -0.385. The molecule has 2 amide bonds. The van der Waals surface area contributed by atoms with Crippen molar-refractivity contribution in [2.45, 2.75) is 46.1 Å². The SMILES string of the molecule is CC1CCC(C(C)C)C(OC(=O)c2ccc(N3C(=O)c4cccc([N+](=O)[O-])c4C3=O)cc2)C1. The lowest BCUT2D eigenvalue weighted by Gasteiger charge is -2.36. The van der Waals surface area contributed by atoms with Crippen molar-refractivity contribution in [3.8, 4) is 0 Å². The molecular formula is C25H26N2O6. The molecule has 0 N–H and O–H groups in total. The standard InChI is InChI=1S/C25H26N2O6/c1-14(2)18-12-7-15(3)13-21(18)33-25(30)16-8-10-17(11-9-16)26-23(28)19-5-4-6-20(27(31)32)22(19)24(26)29/h4-6,8-11,14-15,18,21H,7,12-13H2,1-3H3. The summed E-state index contributed by atoms with van der Waals surface area (Å²) < 4.78 is 5.86. The molecule has 1 aliphatic heterocycles. The summed E-state index contributed by atoms with van der Waals surface area (Å²) in [4.78, 5) is 50.0. The molecule has 172 valence electrons. The number of rotatable bonds is 5. The molecule has 1 saturated carbocycles. The van der Waals surface area contributed by atoms with E-state index < -0.39 is 28.4 Å². The minimum atomic E-state index is -0.756. The highest BCUT2D eigenvalue weighted by Crippen LogP contribution is 2.36. The predicted octanol–water partition coefficient (Wildman–Crippen LogP) is 5.01. The molecule has 2 aromatic carbocycles. The van der Waals surface area contributed by atoms with Crippen LogP contribution in [-0.2, 0) is 4.74 Å². The normalized spacial score (nSPS) is 22.4. The Morgan fingerprint density at radius 3 is 2.42 bits per heavy atom. The van der Waals surface area contributed by atoms with E-state index in [0.717, 1.165) is 24.2 Å². The van der Waals surface area contributed by atoms with Crippen LogP contribution in [0.2, 0.25) is 0 Å². The Bertz CT molecular complexity index is 1120. The quantitative estimate of drug-likeness (QED) is 0.274. The fourth-order valence-corrected chi connectivity index (χ4v) is 4.86. The average Bonchev–Trinajstić information content (AvgIpc) is 3.03. The zero-order valence-electron chi connectivity index (χ0n) is 18.8. The summed E-state index contributed by atoms with van der Waals surface area (Å²) in [5, 5.41) is 11.3. The highest BCUT2D eigenvalue weighted by Gasteiger charge is 2.42. The second kappa shape index (κ2) is 8.77. The first-order valence-electron chi connectivity index (χ1n) is 11.2. The second-order valence-corrected chi connectivity index (χ2v) is 9.22. The van der Waals surface area contributed by atoms with E-state index in [2.05, 4.69) is 20.8 Å². The smallest absolute Gasteiger partial charge is 0.338 e. The summed E-state index contributed by atoms with van der Waals surface area (Å²) in [7, 11) is 0. The third-order valence-corrected chi connectivity index (χ3v) is 6.67. The Labute approximate surface area is 191 Å². The van der Waals surface area contributed by atoms with Crippen LogP contribution in [0.25, 0.3) is 0 Å². The number of imide groups is 1. The maximum Gasteiger partial charge on any atom is 0.338 e. The van der Waals surface area contributed by atoms with Gasteiger partial charge in [-0.05, 0) is 60.9 Å². The van der Waals surface area contributed by atoms with Crippen LogP contribution in [0, 0.1) is 27.9 Å². The lowest BCUT2D eigenvalue weighted by Crippen LogP contribution is -2.35. The number of ether oxygens (including phenoxy) is 1. The van der Waals surface area contributed by atoms with Crippen LogP contribution in [0.4, 0.5) is 11.4 Å². The summed E-state index contributed by atoms with van der Waals surface area (Å²) in [6.07, 6.45) is 2.85. The van der Waals surface area contributed by atoms with Gasteiger partial charge >= 0.3 is 5.97 Å². The molecule has 0 spiro atoms. The highest BCUT2D eigenvalue weighted by atomic mass is 16.6. The van der Waals surface area contributed by atoms with Gasteiger partial charge < -0.3 is 4.74 Å². The molecule has 4 rings (SSSR count). The number of amides is 2. The van der Waals surface area contributed by atoms with Gasteiger partial charge in [0, 0.05) is 6.07 Å². The third kappa shape index (κ3) is 4.13. The van der Waals surface area contributed by atoms with Gasteiger partial charge in [-0.1, -0.05) is 33.3 Å². The molecule has 2 aromatic rings. The number of nitro groups is 1. The number of hydrogen-bond acceptors (Lipinski definition) is 6. The van der Waals surface area contributed by atoms with E-state index in [1.54, 1.807) is 0 Å². The maximum atomic E-state index is 12.9. The molecule has 0 aromatic heterocycles. The number of carbonyl (C=O) groups is 3. The van der Waals surface area contributed by atoms with Crippen molar-refractivity contribution in [2.75, 3.05) is 4.90 Å². The Kier molecular flexibility index (Phi) is 6.01. The van der Waals surface area contributed by atoms with Gasteiger partial charge in [-0.3, -0.25) is 19.7 Å². The van der Waals surface area contributed by atoms with Crippen molar-refractivity contribution >= 4 is 29.2 Å². The molecule has 1 fully saturated rings. The first kappa shape index (κ1) is 22.6. The number of esters is 1. The number of fused-ring (bicyclic) bond motifs is 1. The number of nitrogens with zero attached hydrogens (tertiary/aromatic N) is 2. The van der Waals surface area contributed by atoms with E-state index in [0.29, 0.717) is 23.3 Å². The minimum absolute atomic E-state index is 0.0103. The fourth-order valence-electron chi connectivity index (χ4n) is 4.86. The van der Waals surface area contributed by atoms with E-state index in [-0.39, 0.29) is 22.9 Å². The zero-order chi connectivity index (χ0) is 23.9. The van der Waals surface area contributed by atoms with Crippen LogP contribution in [0.1, 0.15) is 71.1 Å². The molecular weight excluding hydrogens is 424 g/mol. The maximum absolute atomic E-state index is 12.9. The van der Waals surface area contributed by atoms with Gasteiger partial charge in [0.15, 0.2) is 0 Å². The molecule has 1 heterocycles. The molecule has 1 aliphatic carbocycles. The molecule has 0 saturated heterocycles. The van der Waals surface area contributed by atoms with Crippen molar-refractivity contribution in [3.63, 3.8) is 0 Å². The molecule has 33 heavy (non-hydrogen) atoms. The van der Waals surface area contributed by atoms with Crippen molar-refractivity contribution in [2.24, 2.45) is 17.8 Å². The van der Waals surface area contributed by atoms with Gasteiger partial charge in [0.05, 0.1) is 21.7 Å². The van der Waals surface area contributed by atoms with E-state index in [4.69, 9.17) is 4.74 Å². The Balaban J connectivity index is 1.53. The highest BCUT2D eigenvalue weighted by molar-refractivity contribution is 6.35. The van der Waals surface area contributed by atoms with Crippen LogP contribution in [0.3, 0.4) is 0 Å². The summed E-state index contributed by atoms with van der Waals surface area (Å²) in [5.41, 5.74) is -0.0820. The Hall–Kier alpha value is -3.55. The van der Waals surface area contributed by atoms with E-state index in [1.165, 1.54) is 42.5 Å². The first-order chi connectivity index (χ1) is 15.7. The molecule has 0 bridgehead atoms. The van der Waals surface area contributed by atoms with Gasteiger partial charge in [-0.15, -0.1) is 0 Å². The van der Waals surface area contributed by atoms with Crippen molar-refractivity contribution in [3.05, 3.63) is 69.3 Å². The van der Waals surface area contributed by atoms with E-state index >= 15 is 0 Å². The fraction of sp³-hybridized carbons (Fsp3) is 0.400. The number of anilines is 1. The van der Waals surface area contributed by atoms with Crippen molar-refractivity contribution in [1.82, 2.24) is 0 Å². The largest absolute Gasteiger partial charge is 0.458 e. The van der Waals surface area contributed by atoms with Gasteiger partial charge in [0.2, 0.25) is 0 Å². The number of hydrogen-bond donors (Lipinski definition) is 0. The van der Waals surface area contributed by atoms with Crippen LogP contribution in [0.15, 0.2) is 42.5 Å². The van der Waals surface area contributed by atoms with Crippen molar-refractivity contribution < 1.29 is 24.0 Å². The first-order valence-corrected chi connectivity index (χ1v) is 11.2. The third-order valence-electron chi connectivity index (χ3n) is 6.67. The predicted molar refractivity (Wildman–Crippen MR) is 121 cm³/mol. The summed E-state index contributed by atoms with van der Waals surface area (Å²) >= 11 is 0. The number of benzene rings is 2. The van der Waals surface area contributed by atoms with Crippen LogP contribution < -0.4 is 4.90 Å². The molecule has 8 heteroatoms. The summed E-state index contributed by atoms with van der Waals surface area (Å²) in [5.74, 6) is -0.602. The number of carbonyl (C=O) groups excluding carboxylic acids is 3. The van der Waals surface area contributed by atoms with Crippen LogP contribution in [-0.4, -0.2) is 28.8 Å². The van der Waals surface area contributed by atoms with Gasteiger partial charge in [0.1, 0.15) is 11.7 Å². The lowest BCUT2D eigenvalue weighted by atomic mass is 9.75. The van der Waals surface area contributed by atoms with Crippen LogP contribution in [0.5, 0.6) is 0 Å². The van der Waals surface area contributed by atoms with Gasteiger partial charge in [-0.2, -0.15) is 0 Å². The minimum Gasteiger partial charge on any atom is -0.458 e. The van der Waals surface area contributed by atoms with E-state index in [1.807, 2.05) is 0 Å². The second-order valence-electron chi connectivity index (χ2n) is 9.22. The Morgan fingerprint density at radius 2 is 1.79 bits per heavy atom.